The van der Waals surface area contributed by atoms with E-state index in [-0.39, 0.29) is 20.9 Å². The predicted octanol–water partition coefficient (Wildman–Crippen LogP) is 1.43. The zero-order valence-electron chi connectivity index (χ0n) is 10.6. The van der Waals surface area contributed by atoms with E-state index in [0.29, 0.717) is 18.8 Å². The molecule has 5 nitrogen and oxygen atoms in total. The fourth-order valence-electron chi connectivity index (χ4n) is 1.98. The molecule has 1 atom stereocenters. The molecule has 1 aliphatic rings. The molecular formula is C12H15ClN2O3S2. The summed E-state index contributed by atoms with van der Waals surface area (Å²) in [7, 11) is -3.62. The lowest BCUT2D eigenvalue weighted by Gasteiger charge is -2.23. The molecule has 1 saturated heterocycles. The van der Waals surface area contributed by atoms with Gasteiger partial charge in [-0.15, -0.1) is 0 Å². The molecule has 1 aliphatic heterocycles. The van der Waals surface area contributed by atoms with Gasteiger partial charge >= 0.3 is 0 Å². The SMILES string of the molecule is NC(=S)c1ccc(S(=O)(=O)NC2CCCOC2)cc1Cl. The molecule has 1 unspecified atom stereocenters. The Kier molecular flexibility index (Phi) is 4.98. The summed E-state index contributed by atoms with van der Waals surface area (Å²) in [6.07, 6.45) is 1.60. The molecule has 0 aromatic heterocycles. The standard InChI is InChI=1S/C12H15ClN2O3S2/c13-11-6-9(3-4-10(11)12(14)19)20(16,17)15-8-2-1-5-18-7-8/h3-4,6,8,15H,1-2,5,7H2,(H2,14,19). The third kappa shape index (κ3) is 3.67. The van der Waals surface area contributed by atoms with Crippen molar-refractivity contribution in [1.29, 1.82) is 0 Å². The van der Waals surface area contributed by atoms with E-state index in [0.717, 1.165) is 12.8 Å². The molecular weight excluding hydrogens is 320 g/mol. The van der Waals surface area contributed by atoms with Crippen molar-refractivity contribution >= 4 is 38.8 Å². The largest absolute Gasteiger partial charge is 0.389 e. The topological polar surface area (TPSA) is 81.4 Å². The summed E-state index contributed by atoms with van der Waals surface area (Å²) in [5.41, 5.74) is 5.95. The molecule has 0 amide bonds. The zero-order chi connectivity index (χ0) is 14.8. The van der Waals surface area contributed by atoms with Crippen molar-refractivity contribution in [2.75, 3.05) is 13.2 Å². The average molecular weight is 335 g/mol. The highest BCUT2D eigenvalue weighted by Crippen LogP contribution is 2.21. The highest BCUT2D eigenvalue weighted by molar-refractivity contribution is 7.89. The first-order chi connectivity index (χ1) is 9.40. The number of rotatable bonds is 4. The van der Waals surface area contributed by atoms with Gasteiger partial charge in [-0.2, -0.15) is 0 Å². The summed E-state index contributed by atoms with van der Waals surface area (Å²) in [4.78, 5) is 0.223. The number of thiocarbonyl (C=S) groups is 1. The van der Waals surface area contributed by atoms with Crippen LogP contribution in [0.1, 0.15) is 18.4 Å². The number of hydrogen-bond donors (Lipinski definition) is 2. The third-order valence-electron chi connectivity index (χ3n) is 3.00. The van der Waals surface area contributed by atoms with Gasteiger partial charge in [-0.1, -0.05) is 23.8 Å². The Hall–Kier alpha value is -0.730. The molecule has 1 fully saturated rings. The average Bonchev–Trinajstić information content (AvgIpc) is 2.38. The van der Waals surface area contributed by atoms with Crippen molar-refractivity contribution in [3.05, 3.63) is 28.8 Å². The van der Waals surface area contributed by atoms with Gasteiger partial charge in [0.1, 0.15) is 4.99 Å². The fourth-order valence-corrected chi connectivity index (χ4v) is 3.85. The molecule has 110 valence electrons. The van der Waals surface area contributed by atoms with E-state index in [9.17, 15) is 8.42 Å². The summed E-state index contributed by atoms with van der Waals surface area (Å²) in [6, 6.07) is 4.09. The van der Waals surface area contributed by atoms with Crippen molar-refractivity contribution in [2.45, 2.75) is 23.8 Å². The first-order valence-corrected chi connectivity index (χ1v) is 8.36. The van der Waals surface area contributed by atoms with Gasteiger partial charge in [-0.25, -0.2) is 13.1 Å². The molecule has 20 heavy (non-hydrogen) atoms. The van der Waals surface area contributed by atoms with Gasteiger partial charge in [0.2, 0.25) is 10.0 Å². The summed E-state index contributed by atoms with van der Waals surface area (Å²) >= 11 is 10.8. The second-order valence-electron chi connectivity index (χ2n) is 4.54. The van der Waals surface area contributed by atoms with Crippen molar-refractivity contribution in [3.63, 3.8) is 0 Å². The number of benzene rings is 1. The van der Waals surface area contributed by atoms with Crippen LogP contribution in [0.4, 0.5) is 0 Å². The van der Waals surface area contributed by atoms with Crippen LogP contribution < -0.4 is 10.5 Å². The van der Waals surface area contributed by atoms with E-state index in [4.69, 9.17) is 34.3 Å². The molecule has 3 N–H and O–H groups in total. The summed E-state index contributed by atoms with van der Waals surface area (Å²) < 4.78 is 32.4. The monoisotopic (exact) mass is 334 g/mol. The van der Waals surface area contributed by atoms with Crippen LogP contribution in [-0.4, -0.2) is 32.7 Å². The second-order valence-corrected chi connectivity index (χ2v) is 7.10. The lowest BCUT2D eigenvalue weighted by Crippen LogP contribution is -2.40. The van der Waals surface area contributed by atoms with E-state index < -0.39 is 10.0 Å². The van der Waals surface area contributed by atoms with Crippen molar-refractivity contribution in [1.82, 2.24) is 4.72 Å². The summed E-state index contributed by atoms with van der Waals surface area (Å²) in [5, 5.41) is 0.222. The maximum atomic E-state index is 12.2. The first-order valence-electron chi connectivity index (χ1n) is 6.09. The van der Waals surface area contributed by atoms with Crippen LogP contribution in [0.3, 0.4) is 0 Å². The highest BCUT2D eigenvalue weighted by atomic mass is 35.5. The van der Waals surface area contributed by atoms with Gasteiger partial charge in [-0.05, 0) is 31.0 Å². The Labute approximate surface area is 128 Å². The molecule has 0 radical (unpaired) electrons. The minimum absolute atomic E-state index is 0.0908. The lowest BCUT2D eigenvalue weighted by molar-refractivity contribution is 0.0774. The molecule has 0 spiro atoms. The van der Waals surface area contributed by atoms with Gasteiger partial charge in [0, 0.05) is 18.2 Å². The van der Waals surface area contributed by atoms with Crippen LogP contribution in [-0.2, 0) is 14.8 Å². The number of nitrogens with one attached hydrogen (secondary N) is 1. The Balaban J connectivity index is 2.20. The normalized spacial score (nSPS) is 19.8. The number of halogens is 1. The van der Waals surface area contributed by atoms with E-state index >= 15 is 0 Å². The van der Waals surface area contributed by atoms with Crippen LogP contribution in [0.5, 0.6) is 0 Å². The lowest BCUT2D eigenvalue weighted by atomic mass is 10.1. The van der Waals surface area contributed by atoms with Crippen molar-refractivity contribution in [2.24, 2.45) is 5.73 Å². The Morgan fingerprint density at radius 3 is 2.80 bits per heavy atom. The van der Waals surface area contributed by atoms with E-state index in [1.165, 1.54) is 18.2 Å². The molecule has 1 aromatic carbocycles. The van der Waals surface area contributed by atoms with E-state index in [1.54, 1.807) is 0 Å². The van der Waals surface area contributed by atoms with Crippen LogP contribution in [0.15, 0.2) is 23.1 Å². The number of hydrogen-bond acceptors (Lipinski definition) is 4. The van der Waals surface area contributed by atoms with E-state index in [1.807, 2.05) is 0 Å². The van der Waals surface area contributed by atoms with Gasteiger partial charge in [0.15, 0.2) is 0 Å². The summed E-state index contributed by atoms with van der Waals surface area (Å²) in [6.45, 7) is 1.06. The summed E-state index contributed by atoms with van der Waals surface area (Å²) in [5.74, 6) is 0. The fraction of sp³-hybridized carbons (Fsp3) is 0.417. The van der Waals surface area contributed by atoms with Crippen LogP contribution in [0.25, 0.3) is 0 Å². The number of nitrogens with two attached hydrogens (primary N) is 1. The minimum Gasteiger partial charge on any atom is -0.389 e. The molecule has 0 aliphatic carbocycles. The van der Waals surface area contributed by atoms with Gasteiger partial charge in [0.25, 0.3) is 0 Å². The van der Waals surface area contributed by atoms with Crippen molar-refractivity contribution in [3.8, 4) is 0 Å². The van der Waals surface area contributed by atoms with E-state index in [2.05, 4.69) is 4.72 Å². The number of sulfonamides is 1. The maximum Gasteiger partial charge on any atom is 0.240 e. The minimum atomic E-state index is -3.62. The molecule has 1 aromatic rings. The smallest absolute Gasteiger partial charge is 0.240 e. The second kappa shape index (κ2) is 6.36. The molecule has 0 bridgehead atoms. The Morgan fingerprint density at radius 2 is 2.25 bits per heavy atom. The maximum absolute atomic E-state index is 12.2. The first kappa shape index (κ1) is 15.7. The molecule has 2 rings (SSSR count). The van der Waals surface area contributed by atoms with Gasteiger partial charge < -0.3 is 10.5 Å². The molecule has 8 heteroatoms. The number of ether oxygens (including phenoxy) is 1. The predicted molar refractivity (Wildman–Crippen MR) is 81.5 cm³/mol. The van der Waals surface area contributed by atoms with Crippen LogP contribution in [0, 0.1) is 0 Å². The molecule has 0 saturated carbocycles. The van der Waals surface area contributed by atoms with Gasteiger partial charge in [0.05, 0.1) is 16.5 Å². The Bertz CT molecular complexity index is 613. The van der Waals surface area contributed by atoms with Crippen LogP contribution >= 0.6 is 23.8 Å². The van der Waals surface area contributed by atoms with Crippen molar-refractivity contribution < 1.29 is 13.2 Å². The third-order valence-corrected chi connectivity index (χ3v) is 5.05. The zero-order valence-corrected chi connectivity index (χ0v) is 13.0. The van der Waals surface area contributed by atoms with Crippen LogP contribution in [0.2, 0.25) is 5.02 Å². The highest BCUT2D eigenvalue weighted by Gasteiger charge is 2.23. The van der Waals surface area contributed by atoms with Gasteiger partial charge in [-0.3, -0.25) is 0 Å². The Morgan fingerprint density at radius 1 is 1.50 bits per heavy atom. The molecule has 1 heterocycles. The quantitative estimate of drug-likeness (QED) is 0.814.